The van der Waals surface area contributed by atoms with E-state index in [-0.39, 0.29) is 17.6 Å². The third kappa shape index (κ3) is 4.27. The molecule has 6 nitrogen and oxygen atoms in total. The Balaban J connectivity index is 1.80. The number of aromatic nitrogens is 2. The van der Waals surface area contributed by atoms with Gasteiger partial charge in [-0.05, 0) is 66.5 Å². The number of carbonyl (C=O) groups excluding carboxylic acids is 2. The van der Waals surface area contributed by atoms with E-state index in [9.17, 15) is 14.0 Å². The number of hydrogen-bond donors (Lipinski definition) is 1. The normalized spacial score (nSPS) is 15.1. The van der Waals surface area contributed by atoms with Crippen molar-refractivity contribution in [3.8, 4) is 0 Å². The van der Waals surface area contributed by atoms with E-state index in [4.69, 9.17) is 0 Å². The first-order valence-corrected chi connectivity index (χ1v) is 11.5. The molecule has 1 atom stereocenters. The minimum atomic E-state index is -0.929. The van der Waals surface area contributed by atoms with Gasteiger partial charge in [0.2, 0.25) is 5.91 Å². The van der Waals surface area contributed by atoms with Gasteiger partial charge in [0.15, 0.2) is 11.7 Å². The van der Waals surface area contributed by atoms with Crippen molar-refractivity contribution in [2.24, 2.45) is 0 Å². The average molecular weight is 445 g/mol. The number of halogens is 1. The van der Waals surface area contributed by atoms with E-state index in [0.29, 0.717) is 5.69 Å². The fourth-order valence-corrected chi connectivity index (χ4v) is 5.20. The van der Waals surface area contributed by atoms with Gasteiger partial charge in [-0.15, -0.1) is 16.4 Å². The van der Waals surface area contributed by atoms with Crippen LogP contribution in [-0.2, 0) is 4.79 Å². The first-order valence-electron chi connectivity index (χ1n) is 9.75. The molecule has 9 heteroatoms. The zero-order valence-electron chi connectivity index (χ0n) is 16.4. The summed E-state index contributed by atoms with van der Waals surface area (Å²) in [4.78, 5) is 29.0. The van der Waals surface area contributed by atoms with Gasteiger partial charge in [0.05, 0.1) is 0 Å². The molecule has 2 amide bonds. The second-order valence-electron chi connectivity index (χ2n) is 7.31. The Bertz CT molecular complexity index is 1030. The maximum Gasteiger partial charge on any atom is 0.280 e. The first-order chi connectivity index (χ1) is 14.5. The zero-order valence-corrected chi connectivity index (χ0v) is 18.0. The fourth-order valence-electron chi connectivity index (χ4n) is 3.76. The zero-order chi connectivity index (χ0) is 21.1. The molecule has 156 valence electrons. The van der Waals surface area contributed by atoms with Crippen LogP contribution in [0.5, 0.6) is 0 Å². The summed E-state index contributed by atoms with van der Waals surface area (Å²) >= 11 is 2.45. The molecule has 1 saturated carbocycles. The summed E-state index contributed by atoms with van der Waals surface area (Å²) in [6.45, 7) is 1.90. The number of aryl methyl sites for hydroxylation is 1. The fraction of sp³-hybridized carbons (Fsp3) is 0.333. The van der Waals surface area contributed by atoms with Crippen LogP contribution in [0.2, 0.25) is 0 Å². The maximum absolute atomic E-state index is 14.1. The third-order valence-corrected chi connectivity index (χ3v) is 6.82. The van der Waals surface area contributed by atoms with Gasteiger partial charge in [0.1, 0.15) is 5.82 Å². The summed E-state index contributed by atoms with van der Waals surface area (Å²) in [5.41, 5.74) is 1.32. The van der Waals surface area contributed by atoms with E-state index >= 15 is 0 Å². The predicted octanol–water partition coefficient (Wildman–Crippen LogP) is 4.49. The third-order valence-electron chi connectivity index (χ3n) is 5.24. The molecule has 0 bridgehead atoms. The summed E-state index contributed by atoms with van der Waals surface area (Å²) < 4.78 is 17.9. The topological polar surface area (TPSA) is 75.2 Å². The number of nitrogens with zero attached hydrogens (tertiary/aromatic N) is 3. The monoisotopic (exact) mass is 444 g/mol. The van der Waals surface area contributed by atoms with Gasteiger partial charge >= 0.3 is 0 Å². The van der Waals surface area contributed by atoms with Gasteiger partial charge in [-0.2, -0.15) is 0 Å². The summed E-state index contributed by atoms with van der Waals surface area (Å²) in [7, 11) is 0. The molecule has 0 aliphatic heterocycles. The maximum atomic E-state index is 14.1. The summed E-state index contributed by atoms with van der Waals surface area (Å²) in [6.07, 6.45) is 3.99. The summed E-state index contributed by atoms with van der Waals surface area (Å²) in [5, 5.41) is 10.4. The second-order valence-corrected chi connectivity index (χ2v) is 8.86. The van der Waals surface area contributed by atoms with Crippen LogP contribution in [0.4, 0.5) is 10.1 Å². The Morgan fingerprint density at radius 2 is 2.07 bits per heavy atom. The number of nitrogens with one attached hydrogen (secondary N) is 1. The Labute approximate surface area is 181 Å². The Hall–Kier alpha value is -2.65. The van der Waals surface area contributed by atoms with Crippen LogP contribution in [0, 0.1) is 12.7 Å². The number of carbonyl (C=O) groups is 2. The number of thiophene rings is 1. The molecular formula is C21H21FN4O2S2. The summed E-state index contributed by atoms with van der Waals surface area (Å²) in [6, 6.07) is 6.79. The van der Waals surface area contributed by atoms with E-state index in [1.54, 1.807) is 6.07 Å². The van der Waals surface area contributed by atoms with Crippen LogP contribution in [0.3, 0.4) is 0 Å². The minimum Gasteiger partial charge on any atom is -0.351 e. The van der Waals surface area contributed by atoms with E-state index in [0.717, 1.165) is 47.7 Å². The number of anilines is 1. The van der Waals surface area contributed by atoms with Crippen molar-refractivity contribution >= 4 is 40.4 Å². The lowest BCUT2D eigenvalue weighted by atomic mass is 10.1. The molecule has 1 N–H and O–H groups in total. The SMILES string of the molecule is Cc1ccsc1[C@@H](C(=O)NC1CCCC1)N(C(=O)c1csnn1)c1cccc(F)c1. The van der Waals surface area contributed by atoms with E-state index in [2.05, 4.69) is 14.9 Å². The van der Waals surface area contributed by atoms with Gasteiger partial charge in [-0.3, -0.25) is 14.5 Å². The first kappa shape index (κ1) is 20.6. The highest BCUT2D eigenvalue weighted by molar-refractivity contribution is 7.10. The van der Waals surface area contributed by atoms with E-state index in [1.807, 2.05) is 18.4 Å². The Morgan fingerprint density at radius 1 is 1.27 bits per heavy atom. The Morgan fingerprint density at radius 3 is 2.70 bits per heavy atom. The molecular weight excluding hydrogens is 423 g/mol. The highest BCUT2D eigenvalue weighted by Gasteiger charge is 2.37. The van der Waals surface area contributed by atoms with Crippen molar-refractivity contribution in [1.82, 2.24) is 14.9 Å². The van der Waals surface area contributed by atoms with Crippen molar-refractivity contribution in [3.63, 3.8) is 0 Å². The molecule has 0 radical (unpaired) electrons. The summed E-state index contributed by atoms with van der Waals surface area (Å²) in [5.74, 6) is -1.25. The number of rotatable bonds is 6. The Kier molecular flexibility index (Phi) is 6.19. The largest absolute Gasteiger partial charge is 0.351 e. The molecule has 1 aromatic carbocycles. The van der Waals surface area contributed by atoms with Crippen LogP contribution in [0.15, 0.2) is 41.1 Å². The molecule has 3 aromatic rings. The predicted molar refractivity (Wildman–Crippen MR) is 115 cm³/mol. The number of amides is 2. The van der Waals surface area contributed by atoms with Gasteiger partial charge in [-0.25, -0.2) is 4.39 Å². The van der Waals surface area contributed by atoms with Crippen molar-refractivity contribution in [3.05, 3.63) is 63.0 Å². The van der Waals surface area contributed by atoms with E-state index < -0.39 is 17.8 Å². The molecule has 30 heavy (non-hydrogen) atoms. The van der Waals surface area contributed by atoms with Gasteiger partial charge in [0.25, 0.3) is 5.91 Å². The molecule has 1 aliphatic rings. The van der Waals surface area contributed by atoms with Crippen LogP contribution in [0.25, 0.3) is 0 Å². The molecule has 0 saturated heterocycles. The smallest absolute Gasteiger partial charge is 0.280 e. The standard InChI is InChI=1S/C21H21FN4O2S2/c1-13-9-10-29-19(13)18(20(27)23-15-6-2-3-7-15)26(16-8-4-5-14(22)11-16)21(28)17-12-30-25-24-17/h4-5,8-12,15,18H,2-3,6-7H2,1H3,(H,23,27)/t18-/m0/s1. The lowest BCUT2D eigenvalue weighted by molar-refractivity contribution is -0.123. The van der Waals surface area contributed by atoms with Crippen LogP contribution in [-0.4, -0.2) is 27.4 Å². The van der Waals surface area contributed by atoms with Gasteiger partial charge in [0, 0.05) is 22.0 Å². The van der Waals surface area contributed by atoms with Gasteiger partial charge < -0.3 is 5.32 Å². The molecule has 2 heterocycles. The number of benzene rings is 1. The highest BCUT2D eigenvalue weighted by atomic mass is 32.1. The van der Waals surface area contributed by atoms with Crippen molar-refractivity contribution in [2.45, 2.75) is 44.7 Å². The highest BCUT2D eigenvalue weighted by Crippen LogP contribution is 2.35. The van der Waals surface area contributed by atoms with Crippen LogP contribution >= 0.6 is 22.9 Å². The molecule has 1 aliphatic carbocycles. The molecule has 2 aromatic heterocycles. The van der Waals surface area contributed by atoms with Crippen molar-refractivity contribution in [1.29, 1.82) is 0 Å². The van der Waals surface area contributed by atoms with Crippen LogP contribution < -0.4 is 10.2 Å². The second kappa shape index (κ2) is 9.01. The van der Waals surface area contributed by atoms with Gasteiger partial charge in [-0.1, -0.05) is 23.4 Å². The van der Waals surface area contributed by atoms with E-state index in [1.165, 1.54) is 39.8 Å². The van der Waals surface area contributed by atoms with Crippen molar-refractivity contribution < 1.29 is 14.0 Å². The van der Waals surface area contributed by atoms with Crippen LogP contribution in [0.1, 0.15) is 52.7 Å². The lowest BCUT2D eigenvalue weighted by Gasteiger charge is -2.31. The quantitative estimate of drug-likeness (QED) is 0.608. The minimum absolute atomic E-state index is 0.0886. The molecule has 1 fully saturated rings. The average Bonchev–Trinajstić information content (AvgIpc) is 3.49. The lowest BCUT2D eigenvalue weighted by Crippen LogP contribution is -2.46. The molecule has 0 unspecified atom stereocenters. The molecule has 4 rings (SSSR count). The molecule has 0 spiro atoms. The number of hydrogen-bond acceptors (Lipinski definition) is 6. The van der Waals surface area contributed by atoms with Crippen molar-refractivity contribution in [2.75, 3.05) is 4.90 Å².